The number of piperazine rings is 1. The highest BCUT2D eigenvalue weighted by Gasteiger charge is 2.21. The number of hydrazine groups is 1. The second-order valence-corrected chi connectivity index (χ2v) is 6.81. The lowest BCUT2D eigenvalue weighted by Gasteiger charge is -2.33. The average Bonchev–Trinajstić information content (AvgIpc) is 2.65. The molecule has 1 aliphatic heterocycles. The van der Waals surface area contributed by atoms with E-state index in [4.69, 9.17) is 11.6 Å². The largest absolute Gasteiger partial charge is 0.329 e. The molecule has 2 aromatic carbocycles. The van der Waals surface area contributed by atoms with Crippen LogP contribution in [0.25, 0.3) is 5.70 Å². The molecule has 3 rings (SSSR count). The summed E-state index contributed by atoms with van der Waals surface area (Å²) in [5.74, 6) is 0. The maximum Gasteiger partial charge on any atom is 0.270 e. The van der Waals surface area contributed by atoms with Crippen LogP contribution in [0.5, 0.6) is 0 Å². The third kappa shape index (κ3) is 4.60. The quantitative estimate of drug-likeness (QED) is 0.601. The zero-order chi connectivity index (χ0) is 18.5. The number of nitrogens with zero attached hydrogens (tertiary/aromatic N) is 2. The van der Waals surface area contributed by atoms with Gasteiger partial charge < -0.3 is 10.3 Å². The molecule has 0 aliphatic carbocycles. The molecule has 7 heteroatoms. The van der Waals surface area contributed by atoms with Crippen molar-refractivity contribution in [1.82, 2.24) is 10.4 Å². The summed E-state index contributed by atoms with van der Waals surface area (Å²) in [6, 6.07) is 14.5. The molecule has 1 saturated heterocycles. The van der Waals surface area contributed by atoms with Gasteiger partial charge in [0.2, 0.25) is 0 Å². The fourth-order valence-electron chi connectivity index (χ4n) is 3.09. The van der Waals surface area contributed by atoms with Crippen LogP contribution in [0.4, 0.5) is 5.69 Å². The lowest BCUT2D eigenvalue weighted by molar-refractivity contribution is -0.918. The van der Waals surface area contributed by atoms with Crippen molar-refractivity contribution in [2.75, 3.05) is 26.2 Å². The topological polar surface area (TPSA) is 62.8 Å². The first-order chi connectivity index (χ1) is 12.5. The van der Waals surface area contributed by atoms with E-state index < -0.39 is 4.92 Å². The van der Waals surface area contributed by atoms with Gasteiger partial charge in [-0.15, -0.1) is 0 Å². The number of halogens is 1. The number of nitrogens with one attached hydrogen (secondary N) is 2. The molecule has 1 heterocycles. The van der Waals surface area contributed by atoms with Crippen LogP contribution < -0.4 is 10.3 Å². The molecule has 0 amide bonds. The molecular weight excluding hydrogens is 352 g/mol. The summed E-state index contributed by atoms with van der Waals surface area (Å²) in [5, 5.41) is 13.8. The fourth-order valence-corrected chi connectivity index (χ4v) is 3.29. The zero-order valence-corrected chi connectivity index (χ0v) is 15.2. The molecule has 2 N–H and O–H groups in total. The van der Waals surface area contributed by atoms with Gasteiger partial charge in [0.1, 0.15) is 6.54 Å². The van der Waals surface area contributed by atoms with Crippen molar-refractivity contribution >= 4 is 23.0 Å². The summed E-state index contributed by atoms with van der Waals surface area (Å²) in [7, 11) is 0. The van der Waals surface area contributed by atoms with Crippen LogP contribution in [0.15, 0.2) is 55.1 Å². The Bertz CT molecular complexity index is 804. The van der Waals surface area contributed by atoms with Crippen molar-refractivity contribution in [3.8, 4) is 0 Å². The van der Waals surface area contributed by atoms with E-state index >= 15 is 0 Å². The lowest BCUT2D eigenvalue weighted by Crippen LogP contribution is -3.13. The molecule has 136 valence electrons. The molecular formula is C19H22ClN4O2+. The Morgan fingerprint density at radius 2 is 1.96 bits per heavy atom. The molecule has 1 aliphatic rings. The fraction of sp³-hybridized carbons (Fsp3) is 0.263. The highest BCUT2D eigenvalue weighted by atomic mass is 35.5. The van der Waals surface area contributed by atoms with Crippen LogP contribution in [0.1, 0.15) is 11.1 Å². The first-order valence-electron chi connectivity index (χ1n) is 8.55. The molecule has 0 saturated carbocycles. The zero-order valence-electron chi connectivity index (χ0n) is 14.5. The predicted molar refractivity (Wildman–Crippen MR) is 103 cm³/mol. The molecule has 1 fully saturated rings. The summed E-state index contributed by atoms with van der Waals surface area (Å²) >= 11 is 6.25. The molecule has 0 atom stereocenters. The van der Waals surface area contributed by atoms with Gasteiger partial charge in [-0.25, -0.2) is 5.01 Å². The Hall–Kier alpha value is -2.41. The molecule has 6 nitrogen and oxygen atoms in total. The third-order valence-corrected chi connectivity index (χ3v) is 4.94. The summed E-state index contributed by atoms with van der Waals surface area (Å²) in [5.41, 5.74) is 5.91. The van der Waals surface area contributed by atoms with Crippen molar-refractivity contribution in [3.63, 3.8) is 0 Å². The molecule has 26 heavy (non-hydrogen) atoms. The summed E-state index contributed by atoms with van der Waals surface area (Å²) in [4.78, 5) is 12.0. The standard InChI is InChI=1S/C19H21ClN4O2/c1-15(16-6-4-7-18(13-16)24(25)26)21-23-11-9-22(10-12-23)14-17-5-2-3-8-19(17)20/h2-8,13,21H,1,9-12,14H2/p+1. The highest BCUT2D eigenvalue weighted by Crippen LogP contribution is 2.18. The van der Waals surface area contributed by atoms with Gasteiger partial charge in [-0.2, -0.15) is 0 Å². The van der Waals surface area contributed by atoms with Gasteiger partial charge in [-0.05, 0) is 6.07 Å². The smallest absolute Gasteiger partial charge is 0.270 e. The highest BCUT2D eigenvalue weighted by molar-refractivity contribution is 6.31. The van der Waals surface area contributed by atoms with Crippen molar-refractivity contribution in [3.05, 3.63) is 81.4 Å². The second-order valence-electron chi connectivity index (χ2n) is 6.40. The van der Waals surface area contributed by atoms with E-state index in [0.717, 1.165) is 43.3 Å². The summed E-state index contributed by atoms with van der Waals surface area (Å²) in [6.07, 6.45) is 0. The van der Waals surface area contributed by atoms with Crippen molar-refractivity contribution in [2.24, 2.45) is 0 Å². The monoisotopic (exact) mass is 373 g/mol. The van der Waals surface area contributed by atoms with E-state index in [1.807, 2.05) is 24.3 Å². The molecule has 2 aromatic rings. The van der Waals surface area contributed by atoms with Gasteiger partial charge in [0, 0.05) is 34.0 Å². The SMILES string of the molecule is C=C(NN1CC[NH+](Cc2ccccc2Cl)CC1)c1cccc([N+](=O)[O-])c1. The van der Waals surface area contributed by atoms with Crippen LogP contribution in [-0.2, 0) is 6.54 Å². The van der Waals surface area contributed by atoms with Gasteiger partial charge in [-0.3, -0.25) is 10.1 Å². The Kier molecular flexibility index (Phi) is 5.88. The first-order valence-corrected chi connectivity index (χ1v) is 8.93. The van der Waals surface area contributed by atoms with E-state index in [2.05, 4.69) is 23.1 Å². The molecule has 0 radical (unpaired) electrons. The summed E-state index contributed by atoms with van der Waals surface area (Å²) < 4.78 is 0. The van der Waals surface area contributed by atoms with Crippen LogP contribution in [-0.4, -0.2) is 36.1 Å². The van der Waals surface area contributed by atoms with E-state index in [0.29, 0.717) is 5.70 Å². The van der Waals surface area contributed by atoms with E-state index in [9.17, 15) is 10.1 Å². The van der Waals surface area contributed by atoms with E-state index in [1.165, 1.54) is 22.6 Å². The average molecular weight is 374 g/mol. The van der Waals surface area contributed by atoms with Crippen LogP contribution >= 0.6 is 11.6 Å². The van der Waals surface area contributed by atoms with Gasteiger partial charge in [0.25, 0.3) is 5.69 Å². The predicted octanol–water partition coefficient (Wildman–Crippen LogP) is 2.12. The Labute approximate surface area is 157 Å². The maximum absolute atomic E-state index is 10.9. The maximum atomic E-state index is 10.9. The number of quaternary nitrogens is 1. The van der Waals surface area contributed by atoms with Crippen LogP contribution in [0.3, 0.4) is 0 Å². The van der Waals surface area contributed by atoms with Gasteiger partial charge >= 0.3 is 0 Å². The molecule has 0 spiro atoms. The van der Waals surface area contributed by atoms with E-state index in [-0.39, 0.29) is 5.69 Å². The van der Waals surface area contributed by atoms with Gasteiger partial charge in [0.15, 0.2) is 0 Å². The van der Waals surface area contributed by atoms with Crippen LogP contribution in [0, 0.1) is 10.1 Å². The number of nitro benzene ring substituents is 1. The number of hydrogen-bond acceptors (Lipinski definition) is 4. The van der Waals surface area contributed by atoms with E-state index in [1.54, 1.807) is 6.07 Å². The molecule has 0 bridgehead atoms. The molecule has 0 aromatic heterocycles. The van der Waals surface area contributed by atoms with Crippen molar-refractivity contribution in [2.45, 2.75) is 6.54 Å². The Morgan fingerprint density at radius 1 is 1.23 bits per heavy atom. The molecule has 0 unspecified atom stereocenters. The third-order valence-electron chi connectivity index (χ3n) is 4.57. The Morgan fingerprint density at radius 3 is 2.65 bits per heavy atom. The minimum Gasteiger partial charge on any atom is -0.329 e. The number of rotatable bonds is 6. The number of hydrogen-bond donors (Lipinski definition) is 2. The number of benzene rings is 2. The minimum atomic E-state index is -0.395. The van der Waals surface area contributed by atoms with Gasteiger partial charge in [0.05, 0.1) is 31.1 Å². The summed E-state index contributed by atoms with van der Waals surface area (Å²) in [6.45, 7) is 8.64. The number of nitro groups is 1. The van der Waals surface area contributed by atoms with Crippen molar-refractivity contribution < 1.29 is 9.82 Å². The number of non-ortho nitro benzene ring substituents is 1. The lowest BCUT2D eigenvalue weighted by atomic mass is 10.1. The van der Waals surface area contributed by atoms with Crippen LogP contribution in [0.2, 0.25) is 5.02 Å². The van der Waals surface area contributed by atoms with Gasteiger partial charge in [-0.1, -0.05) is 48.5 Å². The second kappa shape index (κ2) is 8.31. The Balaban J connectivity index is 1.52. The minimum absolute atomic E-state index is 0.0689. The normalized spacial score (nSPS) is 15.6. The first kappa shape index (κ1) is 18.4. The van der Waals surface area contributed by atoms with Crippen molar-refractivity contribution in [1.29, 1.82) is 0 Å².